The quantitative estimate of drug-likeness (QED) is 0.884. The Morgan fingerprint density at radius 1 is 1.52 bits per heavy atom. The highest BCUT2D eigenvalue weighted by molar-refractivity contribution is 7.99. The molecule has 1 aliphatic heterocycles. The maximum atomic E-state index is 12.8. The molecule has 0 radical (unpaired) electrons. The van der Waals surface area contributed by atoms with Crippen LogP contribution in [0.1, 0.15) is 30.6 Å². The smallest absolute Gasteiger partial charge is 0.255 e. The molecule has 1 aromatic rings. The van der Waals surface area contributed by atoms with Gasteiger partial charge in [0.25, 0.3) is 5.91 Å². The van der Waals surface area contributed by atoms with Crippen molar-refractivity contribution in [3.05, 3.63) is 23.9 Å². The molecule has 23 heavy (non-hydrogen) atoms. The van der Waals surface area contributed by atoms with Crippen LogP contribution in [0, 0.1) is 0 Å². The topological polar surface area (TPSA) is 65.5 Å². The van der Waals surface area contributed by atoms with Crippen LogP contribution in [0.4, 0.5) is 5.82 Å². The highest BCUT2D eigenvalue weighted by Crippen LogP contribution is 2.24. The molecule has 2 amide bonds. The molecule has 1 aliphatic rings. The third-order valence-corrected chi connectivity index (χ3v) is 4.91. The summed E-state index contributed by atoms with van der Waals surface area (Å²) >= 11 is 1.61. The highest BCUT2D eigenvalue weighted by atomic mass is 32.2. The lowest BCUT2D eigenvalue weighted by Gasteiger charge is -2.25. The van der Waals surface area contributed by atoms with Gasteiger partial charge in [-0.25, -0.2) is 4.98 Å². The number of rotatable bonds is 5. The molecule has 0 spiro atoms. The van der Waals surface area contributed by atoms with E-state index in [2.05, 4.69) is 10.3 Å². The average Bonchev–Trinajstić information content (AvgIpc) is 3.03. The first kappa shape index (κ1) is 17.6. The summed E-state index contributed by atoms with van der Waals surface area (Å²) in [5.74, 6) is 1.71. The first-order valence-electron chi connectivity index (χ1n) is 7.76. The zero-order valence-corrected chi connectivity index (χ0v) is 14.9. The summed E-state index contributed by atoms with van der Waals surface area (Å²) in [6, 6.07) is 3.17. The van der Waals surface area contributed by atoms with Crippen LogP contribution in [0.3, 0.4) is 0 Å². The molecule has 0 bridgehead atoms. The number of nitrogens with one attached hydrogen (secondary N) is 1. The van der Waals surface area contributed by atoms with Gasteiger partial charge in [0, 0.05) is 37.7 Å². The van der Waals surface area contributed by atoms with Gasteiger partial charge >= 0.3 is 0 Å². The molecule has 2 atom stereocenters. The number of aromatic nitrogens is 1. The van der Waals surface area contributed by atoms with Crippen LogP contribution in [0.5, 0.6) is 0 Å². The third kappa shape index (κ3) is 4.16. The van der Waals surface area contributed by atoms with E-state index in [1.807, 2.05) is 32.8 Å². The number of anilines is 1. The molecule has 0 aromatic carbocycles. The molecule has 1 fully saturated rings. The van der Waals surface area contributed by atoms with Crippen molar-refractivity contribution in [1.82, 2.24) is 15.2 Å². The first-order valence-corrected chi connectivity index (χ1v) is 8.92. The number of hydrogen-bond acceptors (Lipinski definition) is 5. The van der Waals surface area contributed by atoms with Crippen LogP contribution in [0.2, 0.25) is 0 Å². The van der Waals surface area contributed by atoms with Crippen LogP contribution in [-0.4, -0.2) is 59.5 Å². The summed E-state index contributed by atoms with van der Waals surface area (Å²) in [7, 11) is 3.76. The summed E-state index contributed by atoms with van der Waals surface area (Å²) in [5, 5.41) is 2.97. The third-order valence-electron chi connectivity index (χ3n) is 3.90. The van der Waals surface area contributed by atoms with E-state index in [9.17, 15) is 9.59 Å². The van der Waals surface area contributed by atoms with Crippen LogP contribution >= 0.6 is 11.8 Å². The monoisotopic (exact) mass is 336 g/mol. The molecule has 0 saturated carbocycles. The number of hydrogen-bond donors (Lipinski definition) is 1. The zero-order valence-electron chi connectivity index (χ0n) is 14.1. The maximum absolute atomic E-state index is 12.8. The fraction of sp³-hybridized carbons (Fsp3) is 0.562. The lowest BCUT2D eigenvalue weighted by atomic mass is 10.1. The number of thioether (sulfide) groups is 1. The van der Waals surface area contributed by atoms with E-state index >= 15 is 0 Å². The van der Waals surface area contributed by atoms with Gasteiger partial charge in [0.1, 0.15) is 11.9 Å². The summed E-state index contributed by atoms with van der Waals surface area (Å²) < 4.78 is 0. The van der Waals surface area contributed by atoms with Crippen LogP contribution in [0.25, 0.3) is 0 Å². The Labute approximate surface area is 141 Å². The van der Waals surface area contributed by atoms with Gasteiger partial charge in [0.2, 0.25) is 5.91 Å². The van der Waals surface area contributed by atoms with Crippen LogP contribution < -0.4 is 10.2 Å². The van der Waals surface area contributed by atoms with Gasteiger partial charge in [0.15, 0.2) is 0 Å². The Balaban J connectivity index is 2.14. The second kappa shape index (κ2) is 7.68. The van der Waals surface area contributed by atoms with Crippen molar-refractivity contribution in [2.24, 2.45) is 0 Å². The van der Waals surface area contributed by atoms with Crippen LogP contribution in [-0.2, 0) is 4.79 Å². The molecule has 6 nitrogen and oxygen atoms in total. The number of carbonyl (C=O) groups excluding carboxylic acids is 2. The minimum atomic E-state index is -0.405. The van der Waals surface area contributed by atoms with E-state index in [0.29, 0.717) is 17.2 Å². The number of carbonyl (C=O) groups is 2. The number of nitrogens with zero attached hydrogens (tertiary/aromatic N) is 3. The van der Waals surface area contributed by atoms with Crippen LogP contribution in [0.15, 0.2) is 18.3 Å². The predicted molar refractivity (Wildman–Crippen MR) is 93.7 cm³/mol. The summed E-state index contributed by atoms with van der Waals surface area (Å²) in [5.41, 5.74) is 0.563. The van der Waals surface area contributed by atoms with Gasteiger partial charge in [0.05, 0.1) is 5.88 Å². The molecule has 1 N–H and O–H groups in total. The largest absolute Gasteiger partial charge is 0.363 e. The Morgan fingerprint density at radius 3 is 2.91 bits per heavy atom. The Bertz CT molecular complexity index is 579. The Morgan fingerprint density at radius 2 is 2.26 bits per heavy atom. The molecular formula is C16H24N4O2S. The van der Waals surface area contributed by atoms with Gasteiger partial charge in [-0.2, -0.15) is 0 Å². The fourth-order valence-electron chi connectivity index (χ4n) is 2.26. The van der Waals surface area contributed by atoms with E-state index in [4.69, 9.17) is 0 Å². The molecule has 2 heterocycles. The second-order valence-corrected chi connectivity index (χ2v) is 6.91. The van der Waals surface area contributed by atoms with Gasteiger partial charge in [-0.3, -0.25) is 9.59 Å². The number of pyridine rings is 1. The van der Waals surface area contributed by atoms with Crippen molar-refractivity contribution in [1.29, 1.82) is 0 Å². The van der Waals surface area contributed by atoms with Gasteiger partial charge in [-0.1, -0.05) is 6.92 Å². The molecule has 7 heteroatoms. The summed E-state index contributed by atoms with van der Waals surface area (Å²) in [4.78, 5) is 32.9. The highest BCUT2D eigenvalue weighted by Gasteiger charge is 2.35. The standard InChI is InChI=1S/C16H24N4O2S/c1-5-11(2)18-15(21)13-9-23-10-20(13)16(22)12-6-7-17-14(8-12)19(3)4/h6-8,11,13H,5,9-10H2,1-4H3,(H,18,21). The van der Waals surface area contributed by atoms with Gasteiger partial charge in [-0.15, -0.1) is 11.8 Å². The maximum Gasteiger partial charge on any atom is 0.255 e. The normalized spacial score (nSPS) is 18.6. The summed E-state index contributed by atoms with van der Waals surface area (Å²) in [6.07, 6.45) is 2.50. The Kier molecular flexibility index (Phi) is 5.87. The predicted octanol–water partition coefficient (Wildman–Crippen LogP) is 1.58. The minimum absolute atomic E-state index is 0.0698. The lowest BCUT2D eigenvalue weighted by molar-refractivity contribution is -0.125. The van der Waals surface area contributed by atoms with Crippen molar-refractivity contribution in [2.75, 3.05) is 30.6 Å². The molecular weight excluding hydrogens is 312 g/mol. The van der Waals surface area contributed by atoms with Crippen molar-refractivity contribution in [3.8, 4) is 0 Å². The van der Waals surface area contributed by atoms with E-state index in [1.165, 1.54) is 0 Å². The molecule has 0 aliphatic carbocycles. The average molecular weight is 336 g/mol. The molecule has 2 unspecified atom stereocenters. The van der Waals surface area contributed by atoms with Crippen molar-refractivity contribution < 1.29 is 9.59 Å². The fourth-order valence-corrected chi connectivity index (χ4v) is 3.42. The zero-order chi connectivity index (χ0) is 17.0. The summed E-state index contributed by atoms with van der Waals surface area (Å²) in [6.45, 7) is 4.00. The van der Waals surface area contributed by atoms with Crippen molar-refractivity contribution >= 4 is 29.4 Å². The van der Waals surface area contributed by atoms with Crippen molar-refractivity contribution in [3.63, 3.8) is 0 Å². The lowest BCUT2D eigenvalue weighted by Crippen LogP contribution is -2.49. The molecule has 1 saturated heterocycles. The van der Waals surface area contributed by atoms with E-state index < -0.39 is 6.04 Å². The SMILES string of the molecule is CCC(C)NC(=O)C1CSCN1C(=O)c1ccnc(N(C)C)c1. The second-order valence-electron chi connectivity index (χ2n) is 5.91. The number of amides is 2. The first-order chi connectivity index (χ1) is 10.9. The molecule has 126 valence electrons. The van der Waals surface area contributed by atoms with Gasteiger partial charge < -0.3 is 15.1 Å². The minimum Gasteiger partial charge on any atom is -0.363 e. The molecule has 1 aromatic heterocycles. The van der Waals surface area contributed by atoms with E-state index in [-0.39, 0.29) is 17.9 Å². The Hall–Kier alpha value is -1.76. The van der Waals surface area contributed by atoms with Gasteiger partial charge in [-0.05, 0) is 25.5 Å². The van der Waals surface area contributed by atoms with E-state index in [0.717, 1.165) is 12.2 Å². The van der Waals surface area contributed by atoms with E-state index in [1.54, 1.807) is 35.0 Å². The molecule has 2 rings (SSSR count). The van der Waals surface area contributed by atoms with Crippen molar-refractivity contribution in [2.45, 2.75) is 32.4 Å².